The Morgan fingerprint density at radius 1 is 1.16 bits per heavy atom. The molecule has 4 nitrogen and oxygen atoms in total. The SMILES string of the molecule is CNCCCNCC(C)(C)c1ccc2c(c1)OCO2. The van der Waals surface area contributed by atoms with E-state index in [0.717, 1.165) is 37.6 Å². The van der Waals surface area contributed by atoms with Crippen LogP contribution in [0.1, 0.15) is 25.8 Å². The summed E-state index contributed by atoms with van der Waals surface area (Å²) in [6, 6.07) is 6.22. The van der Waals surface area contributed by atoms with Crippen LogP contribution in [0.4, 0.5) is 0 Å². The van der Waals surface area contributed by atoms with Gasteiger partial charge in [0.1, 0.15) is 0 Å². The zero-order valence-electron chi connectivity index (χ0n) is 12.1. The van der Waals surface area contributed by atoms with Crippen LogP contribution in [0.25, 0.3) is 0 Å². The largest absolute Gasteiger partial charge is 0.454 e. The van der Waals surface area contributed by atoms with Crippen molar-refractivity contribution in [3.63, 3.8) is 0 Å². The molecule has 1 aliphatic heterocycles. The van der Waals surface area contributed by atoms with Gasteiger partial charge in [-0.05, 0) is 44.3 Å². The maximum absolute atomic E-state index is 5.44. The van der Waals surface area contributed by atoms with Gasteiger partial charge < -0.3 is 20.1 Å². The smallest absolute Gasteiger partial charge is 0.231 e. The summed E-state index contributed by atoms with van der Waals surface area (Å²) in [5.74, 6) is 1.71. The highest BCUT2D eigenvalue weighted by Gasteiger charge is 2.23. The maximum Gasteiger partial charge on any atom is 0.231 e. The average Bonchev–Trinajstić information content (AvgIpc) is 2.85. The Kier molecular flexibility index (Phi) is 4.66. The minimum absolute atomic E-state index is 0.0840. The van der Waals surface area contributed by atoms with Gasteiger partial charge in [0.25, 0.3) is 0 Å². The summed E-state index contributed by atoms with van der Waals surface area (Å²) < 4.78 is 10.8. The van der Waals surface area contributed by atoms with E-state index in [1.165, 1.54) is 5.56 Å². The van der Waals surface area contributed by atoms with Gasteiger partial charge in [0.2, 0.25) is 6.79 Å². The molecule has 1 heterocycles. The Hall–Kier alpha value is -1.26. The van der Waals surface area contributed by atoms with Gasteiger partial charge in [-0.1, -0.05) is 19.9 Å². The quantitative estimate of drug-likeness (QED) is 0.738. The summed E-state index contributed by atoms with van der Waals surface area (Å²) in [5, 5.41) is 6.67. The van der Waals surface area contributed by atoms with E-state index in [1.54, 1.807) is 0 Å². The number of fused-ring (bicyclic) bond motifs is 1. The number of ether oxygens (including phenoxy) is 2. The second kappa shape index (κ2) is 6.26. The first-order valence-electron chi connectivity index (χ1n) is 6.89. The molecule has 2 N–H and O–H groups in total. The van der Waals surface area contributed by atoms with E-state index >= 15 is 0 Å². The van der Waals surface area contributed by atoms with E-state index in [9.17, 15) is 0 Å². The van der Waals surface area contributed by atoms with Crippen molar-refractivity contribution >= 4 is 0 Å². The van der Waals surface area contributed by atoms with Crippen molar-refractivity contribution in [2.45, 2.75) is 25.7 Å². The lowest BCUT2D eigenvalue weighted by molar-refractivity contribution is 0.174. The molecular weight excluding hydrogens is 240 g/mol. The number of hydrogen-bond donors (Lipinski definition) is 2. The Bertz CT molecular complexity index is 419. The lowest BCUT2D eigenvalue weighted by Gasteiger charge is -2.26. The van der Waals surface area contributed by atoms with Gasteiger partial charge in [0.15, 0.2) is 11.5 Å². The molecule has 1 aliphatic rings. The lowest BCUT2D eigenvalue weighted by atomic mass is 9.84. The summed E-state index contributed by atoms with van der Waals surface area (Å²) in [5.41, 5.74) is 1.36. The van der Waals surface area contributed by atoms with Crippen molar-refractivity contribution in [1.82, 2.24) is 10.6 Å². The van der Waals surface area contributed by atoms with Gasteiger partial charge in [0.05, 0.1) is 0 Å². The van der Waals surface area contributed by atoms with Crippen molar-refractivity contribution in [2.24, 2.45) is 0 Å². The fourth-order valence-electron chi connectivity index (χ4n) is 2.21. The molecule has 1 aromatic carbocycles. The Balaban J connectivity index is 1.91. The molecule has 0 saturated heterocycles. The number of nitrogens with one attached hydrogen (secondary N) is 2. The van der Waals surface area contributed by atoms with E-state index in [2.05, 4.69) is 36.6 Å². The monoisotopic (exact) mass is 264 g/mol. The molecule has 106 valence electrons. The average molecular weight is 264 g/mol. The lowest BCUT2D eigenvalue weighted by Crippen LogP contribution is -2.34. The second-order valence-corrected chi connectivity index (χ2v) is 5.59. The van der Waals surface area contributed by atoms with Crippen LogP contribution in [0.15, 0.2) is 18.2 Å². The molecule has 0 aliphatic carbocycles. The Morgan fingerprint density at radius 3 is 2.74 bits per heavy atom. The van der Waals surface area contributed by atoms with Crippen LogP contribution in [-0.2, 0) is 5.41 Å². The zero-order valence-corrected chi connectivity index (χ0v) is 12.1. The van der Waals surface area contributed by atoms with Crippen LogP contribution in [0.3, 0.4) is 0 Å². The van der Waals surface area contributed by atoms with E-state index in [4.69, 9.17) is 9.47 Å². The summed E-state index contributed by atoms with van der Waals surface area (Å²) >= 11 is 0. The maximum atomic E-state index is 5.44. The molecule has 0 atom stereocenters. The highest BCUT2D eigenvalue weighted by molar-refractivity contribution is 5.46. The van der Waals surface area contributed by atoms with Crippen LogP contribution in [-0.4, -0.2) is 33.5 Å². The third-order valence-corrected chi connectivity index (χ3v) is 3.50. The number of rotatable bonds is 7. The standard InChI is InChI=1S/C15H24N2O2/c1-15(2,10-17-8-4-7-16-3)12-5-6-13-14(9-12)19-11-18-13/h5-6,9,16-17H,4,7-8,10-11H2,1-3H3. The molecular formula is C15H24N2O2. The van der Waals surface area contributed by atoms with E-state index < -0.39 is 0 Å². The van der Waals surface area contributed by atoms with Gasteiger partial charge in [-0.15, -0.1) is 0 Å². The minimum atomic E-state index is 0.0840. The van der Waals surface area contributed by atoms with Crippen molar-refractivity contribution in [2.75, 3.05) is 33.5 Å². The fraction of sp³-hybridized carbons (Fsp3) is 0.600. The summed E-state index contributed by atoms with van der Waals surface area (Å²) in [7, 11) is 1.98. The molecule has 0 radical (unpaired) electrons. The molecule has 1 aromatic rings. The molecule has 19 heavy (non-hydrogen) atoms. The molecule has 0 unspecified atom stereocenters. The highest BCUT2D eigenvalue weighted by Crippen LogP contribution is 2.36. The molecule has 0 fully saturated rings. The highest BCUT2D eigenvalue weighted by atomic mass is 16.7. The van der Waals surface area contributed by atoms with Crippen LogP contribution in [0, 0.1) is 0 Å². The normalized spacial score (nSPS) is 13.8. The third kappa shape index (κ3) is 3.61. The van der Waals surface area contributed by atoms with Crippen molar-refractivity contribution < 1.29 is 9.47 Å². The predicted molar refractivity (Wildman–Crippen MR) is 77.0 cm³/mol. The number of hydrogen-bond acceptors (Lipinski definition) is 4. The minimum Gasteiger partial charge on any atom is -0.454 e. The van der Waals surface area contributed by atoms with E-state index in [-0.39, 0.29) is 5.41 Å². The van der Waals surface area contributed by atoms with Gasteiger partial charge in [-0.3, -0.25) is 0 Å². The topological polar surface area (TPSA) is 42.5 Å². The molecule has 0 aromatic heterocycles. The van der Waals surface area contributed by atoms with Crippen LogP contribution >= 0.6 is 0 Å². The first kappa shape index (κ1) is 14.2. The first-order chi connectivity index (χ1) is 9.13. The van der Waals surface area contributed by atoms with Gasteiger partial charge in [-0.2, -0.15) is 0 Å². The van der Waals surface area contributed by atoms with Gasteiger partial charge in [0, 0.05) is 12.0 Å². The van der Waals surface area contributed by atoms with E-state index in [1.807, 2.05) is 13.1 Å². The van der Waals surface area contributed by atoms with E-state index in [0.29, 0.717) is 6.79 Å². The molecule has 0 saturated carbocycles. The van der Waals surface area contributed by atoms with Crippen LogP contribution < -0.4 is 20.1 Å². The Morgan fingerprint density at radius 2 is 1.95 bits per heavy atom. The third-order valence-electron chi connectivity index (χ3n) is 3.50. The van der Waals surface area contributed by atoms with Crippen molar-refractivity contribution in [3.05, 3.63) is 23.8 Å². The zero-order chi connectivity index (χ0) is 13.7. The second-order valence-electron chi connectivity index (χ2n) is 5.59. The Labute approximate surface area is 115 Å². The van der Waals surface area contributed by atoms with Crippen LogP contribution in [0.2, 0.25) is 0 Å². The number of benzene rings is 1. The first-order valence-corrected chi connectivity index (χ1v) is 6.89. The van der Waals surface area contributed by atoms with Gasteiger partial charge in [-0.25, -0.2) is 0 Å². The van der Waals surface area contributed by atoms with Crippen molar-refractivity contribution in [3.8, 4) is 11.5 Å². The molecule has 0 amide bonds. The molecule has 0 spiro atoms. The molecule has 4 heteroatoms. The predicted octanol–water partition coefficient (Wildman–Crippen LogP) is 1.89. The fourth-order valence-corrected chi connectivity index (χ4v) is 2.21. The van der Waals surface area contributed by atoms with Gasteiger partial charge >= 0.3 is 0 Å². The van der Waals surface area contributed by atoms with Crippen LogP contribution in [0.5, 0.6) is 11.5 Å². The summed E-state index contributed by atoms with van der Waals surface area (Å²) in [6.45, 7) is 7.87. The summed E-state index contributed by atoms with van der Waals surface area (Å²) in [4.78, 5) is 0. The van der Waals surface area contributed by atoms with Crippen molar-refractivity contribution in [1.29, 1.82) is 0 Å². The molecule has 0 bridgehead atoms. The molecule has 2 rings (SSSR count). The summed E-state index contributed by atoms with van der Waals surface area (Å²) in [6.07, 6.45) is 1.15.